The molecule has 1 aliphatic heterocycles. The summed E-state index contributed by atoms with van der Waals surface area (Å²) in [7, 11) is -1.44. The van der Waals surface area contributed by atoms with E-state index in [-0.39, 0.29) is 17.7 Å². The number of benzene rings is 1. The summed E-state index contributed by atoms with van der Waals surface area (Å²) >= 11 is 0. The molecule has 122 valence electrons. The number of nitrogens with zero attached hydrogens (tertiary/aromatic N) is 2. The average Bonchev–Trinajstić information content (AvgIpc) is 2.84. The summed E-state index contributed by atoms with van der Waals surface area (Å²) < 4.78 is 25.4. The topological polar surface area (TPSA) is 57.7 Å². The third-order valence-electron chi connectivity index (χ3n) is 4.38. The number of carbonyl (C=O) groups is 1. The van der Waals surface area contributed by atoms with Crippen molar-refractivity contribution in [3.63, 3.8) is 0 Å². The summed E-state index contributed by atoms with van der Waals surface area (Å²) in [6.45, 7) is 6.64. The average molecular weight is 324 g/mol. The van der Waals surface area contributed by atoms with E-state index < -0.39 is 10.0 Å². The van der Waals surface area contributed by atoms with Crippen LogP contribution in [0.5, 0.6) is 0 Å². The van der Waals surface area contributed by atoms with Crippen molar-refractivity contribution in [2.75, 3.05) is 23.7 Å². The summed E-state index contributed by atoms with van der Waals surface area (Å²) in [5.41, 5.74) is 1.10. The fourth-order valence-corrected chi connectivity index (χ4v) is 4.12. The lowest BCUT2D eigenvalue weighted by Crippen LogP contribution is -2.38. The molecule has 0 aromatic heterocycles. The van der Waals surface area contributed by atoms with Gasteiger partial charge < -0.3 is 4.90 Å². The number of hydrogen-bond acceptors (Lipinski definition) is 3. The van der Waals surface area contributed by atoms with Crippen molar-refractivity contribution < 1.29 is 13.2 Å². The number of anilines is 1. The summed E-state index contributed by atoms with van der Waals surface area (Å²) in [6, 6.07) is 7.01. The molecule has 1 atom stereocenters. The van der Waals surface area contributed by atoms with E-state index in [0.29, 0.717) is 30.1 Å². The highest BCUT2D eigenvalue weighted by Crippen LogP contribution is 2.25. The van der Waals surface area contributed by atoms with Gasteiger partial charge in [-0.2, -0.15) is 0 Å². The van der Waals surface area contributed by atoms with Gasteiger partial charge >= 0.3 is 0 Å². The Morgan fingerprint density at radius 2 is 1.95 bits per heavy atom. The molecule has 0 N–H and O–H groups in total. The predicted molar refractivity (Wildman–Crippen MR) is 88.6 cm³/mol. The maximum Gasteiger partial charge on any atom is 0.253 e. The number of rotatable bonds is 4. The Hall–Kier alpha value is -1.56. The van der Waals surface area contributed by atoms with E-state index in [0.717, 1.165) is 0 Å². The fraction of sp³-hybridized carbons (Fsp3) is 0.562. The number of hydrogen-bond donors (Lipinski definition) is 0. The monoisotopic (exact) mass is 324 g/mol. The van der Waals surface area contributed by atoms with Gasteiger partial charge in [-0.05, 0) is 37.5 Å². The summed E-state index contributed by atoms with van der Waals surface area (Å²) in [6.07, 6.45) is 0.630. The first-order valence-electron chi connectivity index (χ1n) is 7.61. The first-order chi connectivity index (χ1) is 10.2. The van der Waals surface area contributed by atoms with E-state index in [9.17, 15) is 13.2 Å². The van der Waals surface area contributed by atoms with Gasteiger partial charge in [-0.1, -0.05) is 19.9 Å². The molecule has 0 spiro atoms. The Morgan fingerprint density at radius 3 is 2.50 bits per heavy atom. The second-order valence-corrected chi connectivity index (χ2v) is 8.21. The van der Waals surface area contributed by atoms with Crippen LogP contribution in [0, 0.1) is 5.92 Å². The van der Waals surface area contributed by atoms with Crippen LogP contribution in [0.4, 0.5) is 5.69 Å². The smallest absolute Gasteiger partial charge is 0.253 e. The third-order valence-corrected chi connectivity index (χ3v) is 6.25. The molecular weight excluding hydrogens is 300 g/mol. The summed E-state index contributed by atoms with van der Waals surface area (Å²) in [5, 5.41) is 0. The van der Waals surface area contributed by atoms with Crippen molar-refractivity contribution in [3.8, 4) is 0 Å². The SMILES string of the molecule is CC(C)[C@H](C)N(C)C(=O)c1cccc(N2CCCS2(=O)=O)c1. The molecule has 1 amide bonds. The quantitative estimate of drug-likeness (QED) is 0.854. The van der Waals surface area contributed by atoms with Gasteiger partial charge in [0.25, 0.3) is 5.91 Å². The molecule has 0 unspecified atom stereocenters. The standard InChI is InChI=1S/C16H24N2O3S/c1-12(2)13(3)17(4)16(19)14-7-5-8-15(11-14)18-9-6-10-22(18,20)21/h5,7-8,11-13H,6,9-10H2,1-4H3/t13-/m0/s1. The lowest BCUT2D eigenvalue weighted by Gasteiger charge is -2.28. The van der Waals surface area contributed by atoms with Crippen molar-refractivity contribution >= 4 is 21.6 Å². The molecule has 1 heterocycles. The highest BCUT2D eigenvalue weighted by Gasteiger charge is 2.29. The van der Waals surface area contributed by atoms with Crippen molar-refractivity contribution in [1.29, 1.82) is 0 Å². The molecule has 1 saturated heterocycles. The summed E-state index contributed by atoms with van der Waals surface area (Å²) in [4.78, 5) is 14.3. The van der Waals surface area contributed by atoms with Crippen LogP contribution in [-0.4, -0.2) is 44.6 Å². The normalized spacial score (nSPS) is 18.5. The maximum absolute atomic E-state index is 12.6. The van der Waals surface area contributed by atoms with E-state index in [4.69, 9.17) is 0 Å². The highest BCUT2D eigenvalue weighted by atomic mass is 32.2. The number of sulfonamides is 1. The van der Waals surface area contributed by atoms with E-state index in [1.165, 1.54) is 4.31 Å². The molecular formula is C16H24N2O3S. The molecule has 1 aromatic rings. The minimum absolute atomic E-state index is 0.0837. The van der Waals surface area contributed by atoms with Gasteiger partial charge in [0.15, 0.2) is 0 Å². The van der Waals surface area contributed by atoms with E-state index in [2.05, 4.69) is 13.8 Å². The Labute approximate surface area is 133 Å². The Kier molecular flexibility index (Phi) is 4.80. The van der Waals surface area contributed by atoms with Gasteiger partial charge in [-0.3, -0.25) is 9.10 Å². The molecule has 5 nitrogen and oxygen atoms in total. The molecule has 0 aliphatic carbocycles. The van der Waals surface area contributed by atoms with Crippen LogP contribution < -0.4 is 4.31 Å². The van der Waals surface area contributed by atoms with Crippen LogP contribution in [0.3, 0.4) is 0 Å². The van der Waals surface area contributed by atoms with Crippen LogP contribution in [0.2, 0.25) is 0 Å². The maximum atomic E-state index is 12.6. The Balaban J connectivity index is 2.27. The minimum Gasteiger partial charge on any atom is -0.339 e. The molecule has 0 saturated carbocycles. The molecule has 0 bridgehead atoms. The van der Waals surface area contributed by atoms with E-state index in [1.54, 1.807) is 36.2 Å². The van der Waals surface area contributed by atoms with Crippen LogP contribution in [0.15, 0.2) is 24.3 Å². The van der Waals surface area contributed by atoms with Crippen LogP contribution in [0.25, 0.3) is 0 Å². The zero-order valence-corrected chi connectivity index (χ0v) is 14.4. The van der Waals surface area contributed by atoms with Crippen molar-refractivity contribution in [1.82, 2.24) is 4.90 Å². The van der Waals surface area contributed by atoms with Crippen LogP contribution in [-0.2, 0) is 10.0 Å². The van der Waals surface area contributed by atoms with E-state index in [1.807, 2.05) is 6.92 Å². The molecule has 0 radical (unpaired) electrons. The second kappa shape index (κ2) is 6.28. The Morgan fingerprint density at radius 1 is 1.27 bits per heavy atom. The van der Waals surface area contributed by atoms with Crippen LogP contribution in [0.1, 0.15) is 37.6 Å². The Bertz CT molecular complexity index is 655. The van der Waals surface area contributed by atoms with Gasteiger partial charge in [0, 0.05) is 25.2 Å². The molecule has 1 aromatic carbocycles. The third kappa shape index (κ3) is 3.27. The zero-order chi connectivity index (χ0) is 16.5. The minimum atomic E-state index is -3.22. The molecule has 2 rings (SSSR count). The first kappa shape index (κ1) is 16.8. The number of amides is 1. The fourth-order valence-electron chi connectivity index (χ4n) is 2.56. The lowest BCUT2D eigenvalue weighted by molar-refractivity contribution is 0.0707. The van der Waals surface area contributed by atoms with Crippen molar-refractivity contribution in [3.05, 3.63) is 29.8 Å². The van der Waals surface area contributed by atoms with Gasteiger partial charge in [-0.15, -0.1) is 0 Å². The van der Waals surface area contributed by atoms with Crippen molar-refractivity contribution in [2.24, 2.45) is 5.92 Å². The summed E-state index contributed by atoms with van der Waals surface area (Å²) in [5.74, 6) is 0.450. The molecule has 1 fully saturated rings. The predicted octanol–water partition coefficient (Wildman–Crippen LogP) is 2.34. The first-order valence-corrected chi connectivity index (χ1v) is 9.22. The van der Waals surface area contributed by atoms with Crippen LogP contribution >= 0.6 is 0 Å². The molecule has 1 aliphatic rings. The number of carbonyl (C=O) groups excluding carboxylic acids is 1. The zero-order valence-electron chi connectivity index (χ0n) is 13.6. The highest BCUT2D eigenvalue weighted by molar-refractivity contribution is 7.93. The largest absolute Gasteiger partial charge is 0.339 e. The van der Waals surface area contributed by atoms with Crippen molar-refractivity contribution in [2.45, 2.75) is 33.2 Å². The molecule has 22 heavy (non-hydrogen) atoms. The van der Waals surface area contributed by atoms with Gasteiger partial charge in [-0.25, -0.2) is 8.42 Å². The van der Waals surface area contributed by atoms with Gasteiger partial charge in [0.1, 0.15) is 0 Å². The van der Waals surface area contributed by atoms with Gasteiger partial charge in [0.05, 0.1) is 11.4 Å². The second-order valence-electron chi connectivity index (χ2n) is 6.19. The molecule has 6 heteroatoms. The van der Waals surface area contributed by atoms with Gasteiger partial charge in [0.2, 0.25) is 10.0 Å². The lowest BCUT2D eigenvalue weighted by atomic mass is 10.0. The van der Waals surface area contributed by atoms with E-state index >= 15 is 0 Å².